The highest BCUT2D eigenvalue weighted by Crippen LogP contribution is 2.37. The number of methoxy groups -OCH3 is 1. The molecule has 3 aromatic rings. The van der Waals surface area contributed by atoms with Gasteiger partial charge in [0.15, 0.2) is 18.5 Å². The van der Waals surface area contributed by atoms with Crippen molar-refractivity contribution in [2.75, 3.05) is 26.8 Å². The van der Waals surface area contributed by atoms with Crippen LogP contribution in [0, 0.1) is 5.82 Å². The predicted octanol–water partition coefficient (Wildman–Crippen LogP) is 4.38. The highest BCUT2D eigenvalue weighted by molar-refractivity contribution is 7.10. The third-order valence-corrected chi connectivity index (χ3v) is 7.54. The van der Waals surface area contributed by atoms with Gasteiger partial charge >= 0.3 is 0 Å². The average Bonchev–Trinajstić information content (AvgIpc) is 3.58. The van der Waals surface area contributed by atoms with E-state index in [4.69, 9.17) is 30.9 Å². The first-order chi connectivity index (χ1) is 17.5. The molecule has 0 N–H and O–H groups in total. The molecule has 36 heavy (non-hydrogen) atoms. The first kappa shape index (κ1) is 24.4. The lowest BCUT2D eigenvalue weighted by atomic mass is 9.97. The van der Waals surface area contributed by atoms with Crippen molar-refractivity contribution in [1.29, 1.82) is 0 Å². The summed E-state index contributed by atoms with van der Waals surface area (Å²) in [6.45, 7) is 1.10. The summed E-state index contributed by atoms with van der Waals surface area (Å²) in [5, 5.41) is 7.41. The second-order valence-corrected chi connectivity index (χ2v) is 9.68. The Morgan fingerprint density at radius 1 is 1.33 bits per heavy atom. The molecule has 1 saturated heterocycles. The van der Waals surface area contributed by atoms with Crippen LogP contribution in [0.25, 0.3) is 0 Å². The molecule has 2 aromatic heterocycles. The van der Waals surface area contributed by atoms with Crippen LogP contribution in [-0.4, -0.2) is 58.3 Å². The highest BCUT2D eigenvalue weighted by atomic mass is 35.5. The van der Waals surface area contributed by atoms with Crippen LogP contribution < -0.4 is 9.47 Å². The van der Waals surface area contributed by atoms with Gasteiger partial charge in [0.05, 0.1) is 29.0 Å². The van der Waals surface area contributed by atoms with Gasteiger partial charge in [-0.15, -0.1) is 11.3 Å². The zero-order valence-electron chi connectivity index (χ0n) is 19.4. The molecule has 12 heteroatoms. The van der Waals surface area contributed by atoms with E-state index in [1.54, 1.807) is 28.4 Å². The lowest BCUT2D eigenvalue weighted by molar-refractivity contribution is -0.134. The molecule has 2 aliphatic rings. The Kier molecular flexibility index (Phi) is 7.28. The molecular formula is C24H23ClFN5O4S. The van der Waals surface area contributed by atoms with Gasteiger partial charge in [-0.3, -0.25) is 4.79 Å². The minimum atomic E-state index is -0.572. The summed E-state index contributed by atoms with van der Waals surface area (Å²) in [7, 11) is 1.49. The van der Waals surface area contributed by atoms with E-state index in [0.717, 1.165) is 23.5 Å². The van der Waals surface area contributed by atoms with Gasteiger partial charge in [0, 0.05) is 36.4 Å². The average molecular weight is 532 g/mol. The van der Waals surface area contributed by atoms with Gasteiger partial charge in [0.25, 0.3) is 11.8 Å². The number of hydrogen-bond acceptors (Lipinski definition) is 9. The number of thiazole rings is 1. The zero-order chi connectivity index (χ0) is 25.1. The lowest BCUT2D eigenvalue weighted by Gasteiger charge is -2.31. The molecule has 5 rings (SSSR count). The van der Waals surface area contributed by atoms with Crippen LogP contribution in [0.5, 0.6) is 11.6 Å². The third kappa shape index (κ3) is 5.12. The summed E-state index contributed by atoms with van der Waals surface area (Å²) in [6.07, 6.45) is 4.25. The van der Waals surface area contributed by atoms with Crippen molar-refractivity contribution < 1.29 is 23.5 Å². The predicted molar refractivity (Wildman–Crippen MR) is 131 cm³/mol. The van der Waals surface area contributed by atoms with Crippen LogP contribution in [0.4, 0.5) is 4.39 Å². The van der Waals surface area contributed by atoms with E-state index in [0.29, 0.717) is 41.6 Å². The van der Waals surface area contributed by atoms with Gasteiger partial charge in [-0.25, -0.2) is 14.4 Å². The number of carbonyl (C=O) groups excluding carboxylic acids is 1. The van der Waals surface area contributed by atoms with Crippen molar-refractivity contribution >= 4 is 34.6 Å². The van der Waals surface area contributed by atoms with Crippen molar-refractivity contribution in [3.05, 3.63) is 63.2 Å². The van der Waals surface area contributed by atoms with E-state index >= 15 is 0 Å². The Bertz CT molecular complexity index is 1260. The molecule has 1 amide bonds. The number of amides is 1. The van der Waals surface area contributed by atoms with Crippen LogP contribution in [-0.2, 0) is 9.63 Å². The fraction of sp³-hybridized carbons (Fsp3) is 0.375. The van der Waals surface area contributed by atoms with Crippen molar-refractivity contribution in [3.8, 4) is 11.6 Å². The lowest BCUT2D eigenvalue weighted by Crippen LogP contribution is -2.40. The largest absolute Gasteiger partial charge is 0.490 e. The summed E-state index contributed by atoms with van der Waals surface area (Å²) < 4.78 is 24.9. The van der Waals surface area contributed by atoms with Gasteiger partial charge < -0.3 is 19.2 Å². The van der Waals surface area contributed by atoms with E-state index in [9.17, 15) is 9.18 Å². The number of piperidine rings is 1. The number of hydrogen-bond donors (Lipinski definition) is 0. The molecule has 1 aromatic carbocycles. The molecule has 0 saturated carbocycles. The summed E-state index contributed by atoms with van der Waals surface area (Å²) in [5.41, 5.74) is 1.72. The summed E-state index contributed by atoms with van der Waals surface area (Å²) in [6, 6.07) is 4.56. The number of carbonyl (C=O) groups is 1. The van der Waals surface area contributed by atoms with Gasteiger partial charge in [-0.05, 0) is 25.0 Å². The van der Waals surface area contributed by atoms with Crippen molar-refractivity contribution in [2.24, 2.45) is 5.16 Å². The van der Waals surface area contributed by atoms with E-state index in [2.05, 4.69) is 15.1 Å². The topological polar surface area (TPSA) is 99.0 Å². The van der Waals surface area contributed by atoms with Gasteiger partial charge in [-0.1, -0.05) is 22.8 Å². The van der Waals surface area contributed by atoms with Crippen LogP contribution in [0.1, 0.15) is 47.5 Å². The molecule has 0 aliphatic carbocycles. The molecule has 1 unspecified atom stereocenters. The number of benzene rings is 1. The second-order valence-electron chi connectivity index (χ2n) is 8.38. The third-order valence-electron chi connectivity index (χ3n) is 6.20. The SMILES string of the molecule is COc1cncnc1OCC(=O)N1CCC(c2nc(C3=NOC(c4c(F)cccc4Cl)C3)cs2)CC1. The number of ether oxygens (including phenoxy) is 2. The molecule has 0 bridgehead atoms. The Morgan fingerprint density at radius 3 is 2.94 bits per heavy atom. The monoisotopic (exact) mass is 531 g/mol. The minimum absolute atomic E-state index is 0.107. The molecule has 9 nitrogen and oxygen atoms in total. The Labute approximate surface area is 215 Å². The minimum Gasteiger partial charge on any atom is -0.490 e. The van der Waals surface area contributed by atoms with Gasteiger partial charge in [0.2, 0.25) is 0 Å². The maximum Gasteiger partial charge on any atom is 0.260 e. The van der Waals surface area contributed by atoms with E-state index in [1.807, 2.05) is 5.38 Å². The standard InChI is InChI=1S/C24H23ClFN5O4S/c1-33-20-10-27-13-28-23(20)34-11-21(32)31-7-5-14(6-8-31)24-29-18(12-36-24)17-9-19(35-30-17)22-15(25)3-2-4-16(22)26/h2-4,10,12-14,19H,5-9,11H2,1H3. The van der Waals surface area contributed by atoms with Crippen LogP contribution >= 0.6 is 22.9 Å². The number of rotatable bonds is 7. The molecule has 0 radical (unpaired) electrons. The van der Waals surface area contributed by atoms with Crippen LogP contribution in [0.15, 0.2) is 41.3 Å². The van der Waals surface area contributed by atoms with Gasteiger partial charge in [0.1, 0.15) is 17.9 Å². The Balaban J connectivity index is 1.14. The molecule has 4 heterocycles. The van der Waals surface area contributed by atoms with E-state index in [1.165, 1.54) is 25.7 Å². The van der Waals surface area contributed by atoms with Crippen LogP contribution in [0.2, 0.25) is 5.02 Å². The van der Waals surface area contributed by atoms with Crippen molar-refractivity contribution in [1.82, 2.24) is 19.9 Å². The van der Waals surface area contributed by atoms with Crippen molar-refractivity contribution in [3.63, 3.8) is 0 Å². The number of oxime groups is 1. The first-order valence-corrected chi connectivity index (χ1v) is 12.7. The van der Waals surface area contributed by atoms with Crippen LogP contribution in [0.3, 0.4) is 0 Å². The van der Waals surface area contributed by atoms with E-state index in [-0.39, 0.29) is 24.3 Å². The van der Waals surface area contributed by atoms with Gasteiger partial charge in [-0.2, -0.15) is 4.98 Å². The Morgan fingerprint density at radius 2 is 2.17 bits per heavy atom. The number of nitrogens with zero attached hydrogens (tertiary/aromatic N) is 5. The maximum absolute atomic E-state index is 14.3. The second kappa shape index (κ2) is 10.8. The summed E-state index contributed by atoms with van der Waals surface area (Å²) >= 11 is 7.74. The quantitative estimate of drug-likeness (QED) is 0.446. The zero-order valence-corrected chi connectivity index (χ0v) is 21.0. The molecule has 188 valence electrons. The molecule has 1 atom stereocenters. The first-order valence-electron chi connectivity index (χ1n) is 11.4. The maximum atomic E-state index is 14.3. The summed E-state index contributed by atoms with van der Waals surface area (Å²) in [4.78, 5) is 32.6. The summed E-state index contributed by atoms with van der Waals surface area (Å²) in [5.74, 6) is 0.346. The van der Waals surface area contributed by atoms with E-state index < -0.39 is 11.9 Å². The normalized spacial score (nSPS) is 18.0. The molecule has 0 spiro atoms. The molecule has 1 fully saturated rings. The number of likely N-dealkylation sites (tertiary alicyclic amines) is 1. The van der Waals surface area contributed by atoms with Crippen molar-refractivity contribution in [2.45, 2.75) is 31.3 Å². The number of aromatic nitrogens is 3. The molecule has 2 aliphatic heterocycles. The fourth-order valence-electron chi connectivity index (χ4n) is 4.26. The Hall–Kier alpha value is -3.31. The molecular weight excluding hydrogens is 509 g/mol. The highest BCUT2D eigenvalue weighted by Gasteiger charge is 2.31. The smallest absolute Gasteiger partial charge is 0.260 e. The fourth-order valence-corrected chi connectivity index (χ4v) is 5.55. The number of halogens is 2.